The summed E-state index contributed by atoms with van der Waals surface area (Å²) < 4.78 is 12.5. The number of aliphatic carboxylic acids is 1. The Kier molecular flexibility index (Phi) is 7.03. The van der Waals surface area contributed by atoms with Crippen LogP contribution < -0.4 is 16.2 Å². The minimum atomic E-state index is -0.903. The second-order valence-corrected chi connectivity index (χ2v) is 8.97. The number of hydrogen-bond acceptors (Lipinski definition) is 5. The number of furan rings is 1. The average molecular weight is 493 g/mol. The molecule has 0 aliphatic heterocycles. The molecular formula is C31H28N2O4. The van der Waals surface area contributed by atoms with Gasteiger partial charge in [-0.05, 0) is 52.6 Å². The molecule has 0 aliphatic rings. The summed E-state index contributed by atoms with van der Waals surface area (Å²) in [5, 5.41) is 10.2. The number of carboxylic acids is 1. The minimum Gasteiger partial charge on any atom is -0.489 e. The van der Waals surface area contributed by atoms with Gasteiger partial charge in [-0.15, -0.1) is 0 Å². The van der Waals surface area contributed by atoms with Crippen LogP contribution in [0.1, 0.15) is 34.1 Å². The highest BCUT2D eigenvalue weighted by Crippen LogP contribution is 2.36. The number of para-hydroxylation sites is 1. The molecule has 5 aromatic rings. The molecule has 4 aromatic carbocycles. The normalized spacial score (nSPS) is 11.9. The number of fused-ring (bicyclic) bond motifs is 1. The first-order valence-corrected chi connectivity index (χ1v) is 12.1. The van der Waals surface area contributed by atoms with Crippen molar-refractivity contribution < 1.29 is 19.1 Å². The van der Waals surface area contributed by atoms with Gasteiger partial charge < -0.3 is 25.7 Å². The molecule has 0 amide bonds. The molecule has 5 N–H and O–H groups in total. The first-order valence-electron chi connectivity index (χ1n) is 12.1. The Morgan fingerprint density at radius 2 is 1.68 bits per heavy atom. The van der Waals surface area contributed by atoms with Gasteiger partial charge in [0, 0.05) is 23.1 Å². The Morgan fingerprint density at radius 3 is 2.46 bits per heavy atom. The van der Waals surface area contributed by atoms with Crippen LogP contribution >= 0.6 is 0 Å². The molecule has 6 heteroatoms. The lowest BCUT2D eigenvalue weighted by molar-refractivity contribution is -0.136. The van der Waals surface area contributed by atoms with E-state index in [1.807, 2.05) is 78.9 Å². The van der Waals surface area contributed by atoms with Crippen molar-refractivity contribution in [3.63, 3.8) is 0 Å². The third kappa shape index (κ3) is 5.40. The van der Waals surface area contributed by atoms with Crippen molar-refractivity contribution in [3.05, 3.63) is 125 Å². The van der Waals surface area contributed by atoms with E-state index in [-0.39, 0.29) is 13.0 Å². The van der Waals surface area contributed by atoms with Crippen molar-refractivity contribution in [3.8, 4) is 16.9 Å². The molecule has 5 rings (SSSR count). The number of nitrogens with two attached hydrogens (primary N) is 2. The zero-order valence-corrected chi connectivity index (χ0v) is 20.3. The Labute approximate surface area is 215 Å². The zero-order valence-electron chi connectivity index (χ0n) is 20.3. The van der Waals surface area contributed by atoms with Crippen LogP contribution in [0.2, 0.25) is 0 Å². The van der Waals surface area contributed by atoms with Gasteiger partial charge in [0.1, 0.15) is 23.7 Å². The molecule has 1 aromatic heterocycles. The Balaban J connectivity index is 1.55. The average Bonchev–Trinajstić information content (AvgIpc) is 3.36. The van der Waals surface area contributed by atoms with Gasteiger partial charge in [0.2, 0.25) is 0 Å². The van der Waals surface area contributed by atoms with Gasteiger partial charge in [-0.3, -0.25) is 4.79 Å². The highest BCUT2D eigenvalue weighted by atomic mass is 16.5. The highest BCUT2D eigenvalue weighted by molar-refractivity contribution is 5.94. The van der Waals surface area contributed by atoms with Gasteiger partial charge >= 0.3 is 5.97 Å². The fraction of sp³-hybridized carbons (Fsp3) is 0.129. The maximum atomic E-state index is 11.3. The van der Waals surface area contributed by atoms with Crippen LogP contribution in [0.5, 0.6) is 5.75 Å². The van der Waals surface area contributed by atoms with E-state index >= 15 is 0 Å². The maximum Gasteiger partial charge on any atom is 0.307 e. The van der Waals surface area contributed by atoms with Gasteiger partial charge in [-0.25, -0.2) is 0 Å². The van der Waals surface area contributed by atoms with Crippen LogP contribution in [0.25, 0.3) is 22.1 Å². The third-order valence-electron chi connectivity index (χ3n) is 6.34. The van der Waals surface area contributed by atoms with Crippen molar-refractivity contribution in [2.24, 2.45) is 11.5 Å². The van der Waals surface area contributed by atoms with Crippen molar-refractivity contribution in [1.29, 1.82) is 0 Å². The van der Waals surface area contributed by atoms with E-state index in [0.29, 0.717) is 23.6 Å². The first-order chi connectivity index (χ1) is 18.0. The van der Waals surface area contributed by atoms with Gasteiger partial charge in [-0.1, -0.05) is 66.7 Å². The van der Waals surface area contributed by atoms with E-state index in [1.54, 1.807) is 12.1 Å². The molecule has 1 atom stereocenters. The molecule has 1 heterocycles. The van der Waals surface area contributed by atoms with Gasteiger partial charge in [-0.2, -0.15) is 0 Å². The fourth-order valence-electron chi connectivity index (χ4n) is 4.49. The van der Waals surface area contributed by atoms with Crippen LogP contribution in [0, 0.1) is 0 Å². The van der Waals surface area contributed by atoms with Crippen molar-refractivity contribution in [2.75, 3.05) is 0 Å². The molecule has 0 saturated carbocycles. The highest BCUT2D eigenvalue weighted by Gasteiger charge is 2.18. The number of carboxylic acid groups (broad SMARTS) is 1. The summed E-state index contributed by atoms with van der Waals surface area (Å²) in [7, 11) is 0. The molecular weight excluding hydrogens is 464 g/mol. The quantitative estimate of drug-likeness (QED) is 0.239. The van der Waals surface area contributed by atoms with Gasteiger partial charge in [0.05, 0.1) is 12.5 Å². The van der Waals surface area contributed by atoms with Crippen LogP contribution in [0.4, 0.5) is 0 Å². The molecule has 0 aliphatic carbocycles. The first kappa shape index (κ1) is 24.3. The second kappa shape index (κ2) is 10.7. The summed E-state index contributed by atoms with van der Waals surface area (Å²) in [4.78, 5) is 11.3. The summed E-state index contributed by atoms with van der Waals surface area (Å²) >= 11 is 0. The monoisotopic (exact) mass is 492 g/mol. The summed E-state index contributed by atoms with van der Waals surface area (Å²) in [5.41, 5.74) is 18.6. The third-order valence-corrected chi connectivity index (χ3v) is 6.34. The molecule has 0 spiro atoms. The van der Waals surface area contributed by atoms with E-state index in [1.165, 1.54) is 0 Å². The number of carbonyl (C=O) groups is 1. The number of hydrogen-bond donors (Lipinski definition) is 3. The van der Waals surface area contributed by atoms with E-state index in [2.05, 4.69) is 6.07 Å². The van der Waals surface area contributed by atoms with Crippen LogP contribution in [-0.2, 0) is 24.4 Å². The van der Waals surface area contributed by atoms with Crippen molar-refractivity contribution in [2.45, 2.75) is 25.6 Å². The molecule has 6 nitrogen and oxygen atoms in total. The molecule has 1 unspecified atom stereocenters. The Morgan fingerprint density at radius 1 is 0.892 bits per heavy atom. The molecule has 0 radical (unpaired) electrons. The Hall–Kier alpha value is -4.39. The summed E-state index contributed by atoms with van der Waals surface area (Å²) in [6.07, 6.45) is -0.102. The minimum absolute atomic E-state index is 0.102. The lowest BCUT2D eigenvalue weighted by atomic mass is 9.98. The largest absolute Gasteiger partial charge is 0.489 e. The zero-order chi connectivity index (χ0) is 25.8. The van der Waals surface area contributed by atoms with Crippen molar-refractivity contribution in [1.82, 2.24) is 0 Å². The second-order valence-electron chi connectivity index (χ2n) is 8.97. The lowest BCUT2D eigenvalue weighted by Crippen LogP contribution is -2.10. The Bertz CT molecular complexity index is 1540. The molecule has 0 saturated heterocycles. The topological polar surface area (TPSA) is 112 Å². The molecule has 0 bridgehead atoms. The van der Waals surface area contributed by atoms with Crippen LogP contribution in [0.15, 0.2) is 101 Å². The summed E-state index contributed by atoms with van der Waals surface area (Å²) in [5.74, 6) is 0.318. The van der Waals surface area contributed by atoms with Gasteiger partial charge in [0.25, 0.3) is 0 Å². The smallest absolute Gasteiger partial charge is 0.307 e. The van der Waals surface area contributed by atoms with E-state index in [4.69, 9.17) is 20.6 Å². The number of ether oxygens (including phenoxy) is 1. The molecule has 37 heavy (non-hydrogen) atoms. The van der Waals surface area contributed by atoms with Crippen molar-refractivity contribution >= 4 is 16.9 Å². The number of benzene rings is 4. The van der Waals surface area contributed by atoms with E-state index in [9.17, 15) is 9.90 Å². The molecule has 186 valence electrons. The van der Waals surface area contributed by atoms with E-state index < -0.39 is 12.0 Å². The lowest BCUT2D eigenvalue weighted by Gasteiger charge is -2.12. The maximum absolute atomic E-state index is 11.3. The fourth-order valence-corrected chi connectivity index (χ4v) is 4.49. The predicted octanol–water partition coefficient (Wildman–Crippen LogP) is 5.81. The van der Waals surface area contributed by atoms with Gasteiger partial charge in [0.15, 0.2) is 0 Å². The van der Waals surface area contributed by atoms with Crippen LogP contribution in [0.3, 0.4) is 0 Å². The van der Waals surface area contributed by atoms with Crippen LogP contribution in [-0.4, -0.2) is 11.1 Å². The standard InChI is InChI=1S/C31H28N2O4/c32-18-20-7-6-11-23(13-20)26-15-21(19-36-27-12-5-4-10-24(27)17-29(34)35)14-25-16-28(37-31(25)26)30(33)22-8-2-1-3-9-22/h1-16,30H,17-19,32-33H2,(H,34,35). The summed E-state index contributed by atoms with van der Waals surface area (Å²) in [6, 6.07) is 30.7. The van der Waals surface area contributed by atoms with E-state index in [0.717, 1.165) is 38.8 Å². The SMILES string of the molecule is NCc1cccc(-c2cc(COc3ccccc3CC(=O)O)cc3cc(C(N)c4ccccc4)oc23)c1. The summed E-state index contributed by atoms with van der Waals surface area (Å²) in [6.45, 7) is 0.698. The predicted molar refractivity (Wildman–Crippen MR) is 144 cm³/mol. The molecule has 0 fully saturated rings. The number of rotatable bonds is 9.